The summed E-state index contributed by atoms with van der Waals surface area (Å²) >= 11 is 0. The molecule has 0 bridgehead atoms. The first-order valence-corrected chi connectivity index (χ1v) is 10.5. The van der Waals surface area contributed by atoms with Crippen LogP contribution in [-0.2, 0) is 50.3 Å². The van der Waals surface area contributed by atoms with Crippen molar-refractivity contribution in [2.24, 2.45) is 21.1 Å². The van der Waals surface area contributed by atoms with E-state index in [9.17, 15) is 24.0 Å². The van der Waals surface area contributed by atoms with E-state index in [0.29, 0.717) is 0 Å². The van der Waals surface area contributed by atoms with E-state index in [1.54, 1.807) is 7.05 Å². The van der Waals surface area contributed by atoms with Crippen LogP contribution in [0.3, 0.4) is 0 Å². The lowest BCUT2D eigenvalue weighted by molar-refractivity contribution is -0.140. The maximum absolute atomic E-state index is 13.1. The molecule has 0 aliphatic heterocycles. The molecule has 0 saturated carbocycles. The summed E-state index contributed by atoms with van der Waals surface area (Å²) in [5, 5.41) is 0. The molecule has 4 aromatic rings. The number of imidazole rings is 2. The van der Waals surface area contributed by atoms with E-state index in [4.69, 9.17) is 0 Å². The molecule has 0 atom stereocenters. The molecule has 0 amide bonds. The largest absolute Gasteiger partial charge is 0.469 e. The third-order valence-corrected chi connectivity index (χ3v) is 5.85. The molecule has 4 rings (SSSR count). The average Bonchev–Trinajstić information content (AvgIpc) is 3.42. The molecule has 0 aliphatic rings. The van der Waals surface area contributed by atoms with Crippen LogP contribution in [0.2, 0.25) is 0 Å². The van der Waals surface area contributed by atoms with Crippen LogP contribution in [0.1, 0.15) is 12.8 Å². The quantitative estimate of drug-likeness (QED) is 0.289. The second kappa shape index (κ2) is 8.61. The number of ether oxygens (including phenoxy) is 1. The minimum absolute atomic E-state index is 0.00185. The van der Waals surface area contributed by atoms with Crippen molar-refractivity contribution in [2.45, 2.75) is 32.5 Å². The van der Waals surface area contributed by atoms with Gasteiger partial charge in [-0.25, -0.2) is 19.6 Å². The summed E-state index contributed by atoms with van der Waals surface area (Å²) in [5.74, 6) is -0.440. The maximum Gasteiger partial charge on any atom is 0.332 e. The fourth-order valence-electron chi connectivity index (χ4n) is 3.98. The van der Waals surface area contributed by atoms with Crippen LogP contribution in [-0.4, -0.2) is 50.4 Å². The Balaban J connectivity index is 1.67. The van der Waals surface area contributed by atoms with Gasteiger partial charge in [0, 0.05) is 40.8 Å². The van der Waals surface area contributed by atoms with Gasteiger partial charge in [0.15, 0.2) is 22.3 Å². The first kappa shape index (κ1) is 22.9. The van der Waals surface area contributed by atoms with Gasteiger partial charge in [-0.05, 0) is 6.42 Å². The molecule has 0 fully saturated rings. The first-order valence-electron chi connectivity index (χ1n) is 10.5. The van der Waals surface area contributed by atoms with Crippen LogP contribution >= 0.6 is 0 Å². The number of hydrogen-bond acceptors (Lipinski definition) is 8. The third kappa shape index (κ3) is 3.56. The number of hydrogen-bond donors (Lipinski definition) is 0. The fourth-order valence-corrected chi connectivity index (χ4v) is 3.98. The molecule has 0 radical (unpaired) electrons. The molecule has 0 aromatic carbocycles. The molecule has 14 heteroatoms. The van der Waals surface area contributed by atoms with Gasteiger partial charge in [-0.1, -0.05) is 0 Å². The molecule has 180 valence electrons. The molecule has 4 aromatic heterocycles. The summed E-state index contributed by atoms with van der Waals surface area (Å²) in [6, 6.07) is 0. The van der Waals surface area contributed by atoms with Gasteiger partial charge in [-0.15, -0.1) is 0 Å². The van der Waals surface area contributed by atoms with Gasteiger partial charge in [0.1, 0.15) is 0 Å². The highest BCUT2D eigenvalue weighted by atomic mass is 16.5. The highest BCUT2D eigenvalue weighted by Gasteiger charge is 2.18. The minimum atomic E-state index is -0.571. The highest BCUT2D eigenvalue weighted by molar-refractivity contribution is 5.72. The smallest absolute Gasteiger partial charge is 0.332 e. The molecule has 0 spiro atoms. The lowest BCUT2D eigenvalue weighted by Crippen LogP contribution is -2.42. The zero-order chi connectivity index (χ0) is 24.7. The molecule has 34 heavy (non-hydrogen) atoms. The number of fused-ring (bicyclic) bond motifs is 2. The molecule has 0 aliphatic carbocycles. The Labute approximate surface area is 190 Å². The molecule has 0 N–H and O–H groups in total. The molecular formula is C20H24N8O6. The Bertz CT molecular complexity index is 1660. The van der Waals surface area contributed by atoms with Gasteiger partial charge < -0.3 is 13.9 Å². The van der Waals surface area contributed by atoms with Crippen LogP contribution in [0.5, 0.6) is 0 Å². The minimum Gasteiger partial charge on any atom is -0.469 e. The molecule has 0 saturated heterocycles. The first-order chi connectivity index (χ1) is 16.2. The van der Waals surface area contributed by atoms with Crippen LogP contribution in [0, 0.1) is 0 Å². The summed E-state index contributed by atoms with van der Waals surface area (Å²) < 4.78 is 12.3. The van der Waals surface area contributed by atoms with E-state index < -0.39 is 28.5 Å². The SMILES string of the molecule is COC(=O)CCn1cnc2c1c(=O)n(CCCn1c(=O)c3c(ncn3C)n(C)c1=O)c(=O)n2C. The van der Waals surface area contributed by atoms with Gasteiger partial charge in [0.25, 0.3) is 11.1 Å². The number of nitrogens with zero attached hydrogens (tertiary/aromatic N) is 8. The lowest BCUT2D eigenvalue weighted by atomic mass is 10.3. The number of carbonyl (C=O) groups is 1. The predicted molar refractivity (Wildman–Crippen MR) is 121 cm³/mol. The van der Waals surface area contributed by atoms with Gasteiger partial charge in [0.05, 0.1) is 26.2 Å². The zero-order valence-corrected chi connectivity index (χ0v) is 19.2. The van der Waals surface area contributed by atoms with Crippen molar-refractivity contribution in [3.63, 3.8) is 0 Å². The van der Waals surface area contributed by atoms with Crippen molar-refractivity contribution in [3.8, 4) is 0 Å². The van der Waals surface area contributed by atoms with E-state index >= 15 is 0 Å². The number of esters is 1. The summed E-state index contributed by atoms with van der Waals surface area (Å²) in [7, 11) is 5.95. The second-order valence-electron chi connectivity index (χ2n) is 7.91. The molecule has 4 heterocycles. The number of aryl methyl sites for hydroxylation is 4. The van der Waals surface area contributed by atoms with Gasteiger partial charge in [0.2, 0.25) is 0 Å². The maximum atomic E-state index is 13.1. The van der Waals surface area contributed by atoms with Crippen molar-refractivity contribution >= 4 is 28.3 Å². The number of aromatic nitrogens is 8. The van der Waals surface area contributed by atoms with Crippen molar-refractivity contribution in [1.29, 1.82) is 0 Å². The third-order valence-electron chi connectivity index (χ3n) is 5.85. The van der Waals surface area contributed by atoms with Gasteiger partial charge in [-0.3, -0.25) is 32.7 Å². The van der Waals surface area contributed by atoms with Crippen molar-refractivity contribution in [3.05, 3.63) is 54.3 Å². The summed E-state index contributed by atoms with van der Waals surface area (Å²) in [4.78, 5) is 71.2. The van der Waals surface area contributed by atoms with Crippen LogP contribution in [0.25, 0.3) is 22.3 Å². The van der Waals surface area contributed by atoms with Gasteiger partial charge >= 0.3 is 17.3 Å². The lowest BCUT2D eigenvalue weighted by Gasteiger charge is -2.11. The standard InChI is InChI=1S/C20H24N8O6/c1-23-10-21-15-13(23)17(30)27(19(32)24(15)2)7-5-8-28-18(31)14-16(25(3)20(28)33)22-11-26(14)9-6-12(29)34-4/h10-11H,5-9H2,1-4H3. The number of carbonyl (C=O) groups excluding carboxylic acids is 1. The van der Waals surface area contributed by atoms with E-state index in [2.05, 4.69) is 14.7 Å². The number of methoxy groups -OCH3 is 1. The van der Waals surface area contributed by atoms with Crippen LogP contribution in [0.15, 0.2) is 31.8 Å². The van der Waals surface area contributed by atoms with E-state index in [1.807, 2.05) is 0 Å². The topological polar surface area (TPSA) is 150 Å². The van der Waals surface area contributed by atoms with E-state index in [-0.39, 0.29) is 54.8 Å². The predicted octanol–water partition coefficient (Wildman–Crippen LogP) is -1.70. The second-order valence-corrected chi connectivity index (χ2v) is 7.91. The van der Waals surface area contributed by atoms with E-state index in [0.717, 1.165) is 9.13 Å². The molecular weight excluding hydrogens is 448 g/mol. The average molecular weight is 472 g/mol. The summed E-state index contributed by atoms with van der Waals surface area (Å²) in [6.07, 6.45) is 3.06. The molecule has 14 nitrogen and oxygen atoms in total. The number of rotatable bonds is 7. The van der Waals surface area contributed by atoms with Crippen molar-refractivity contribution < 1.29 is 9.53 Å². The Kier molecular flexibility index (Phi) is 5.81. The molecule has 0 unspecified atom stereocenters. The van der Waals surface area contributed by atoms with Gasteiger partial charge in [-0.2, -0.15) is 0 Å². The van der Waals surface area contributed by atoms with Crippen LogP contribution < -0.4 is 22.5 Å². The zero-order valence-electron chi connectivity index (χ0n) is 19.2. The van der Waals surface area contributed by atoms with Crippen molar-refractivity contribution in [1.82, 2.24) is 37.4 Å². The van der Waals surface area contributed by atoms with E-state index in [1.165, 1.54) is 52.1 Å². The Morgan fingerprint density at radius 1 is 0.824 bits per heavy atom. The Morgan fingerprint density at radius 2 is 1.35 bits per heavy atom. The Hall–Kier alpha value is -4.23. The Morgan fingerprint density at radius 3 is 1.94 bits per heavy atom. The summed E-state index contributed by atoms with van der Waals surface area (Å²) in [5.41, 5.74) is -1.22. The van der Waals surface area contributed by atoms with Crippen LogP contribution in [0.4, 0.5) is 0 Å². The normalized spacial score (nSPS) is 11.5. The van der Waals surface area contributed by atoms with Crippen molar-refractivity contribution in [2.75, 3.05) is 7.11 Å². The highest BCUT2D eigenvalue weighted by Crippen LogP contribution is 2.07. The summed E-state index contributed by atoms with van der Waals surface area (Å²) in [6.45, 7) is 0.136. The monoisotopic (exact) mass is 472 g/mol. The fraction of sp³-hybridized carbons (Fsp3) is 0.450.